The number of rotatable bonds is 3. The Bertz CT molecular complexity index is 185. The lowest BCUT2D eigenvalue weighted by Crippen LogP contribution is -2.48. The number of hydrogen-bond donors (Lipinski definition) is 2. The molecule has 0 heterocycles. The van der Waals surface area contributed by atoms with Gasteiger partial charge in [0.1, 0.15) is 0 Å². The molecule has 0 aliphatic heterocycles. The predicted molar refractivity (Wildman–Crippen MR) is 59.9 cm³/mol. The third-order valence-corrected chi connectivity index (χ3v) is 2.82. The maximum Gasteiger partial charge on any atom is 0.208 e. The van der Waals surface area contributed by atoms with Crippen molar-refractivity contribution in [1.82, 2.24) is 10.3 Å². The molecular weight excluding hydrogens is 176 g/mol. The van der Waals surface area contributed by atoms with Crippen molar-refractivity contribution in [3.05, 3.63) is 0 Å². The van der Waals surface area contributed by atoms with Crippen molar-refractivity contribution in [2.24, 2.45) is 10.8 Å². The van der Waals surface area contributed by atoms with Gasteiger partial charge in [0, 0.05) is 19.1 Å². The summed E-state index contributed by atoms with van der Waals surface area (Å²) in [7, 11) is 0. The van der Waals surface area contributed by atoms with Gasteiger partial charge < -0.3 is 4.90 Å². The maximum absolute atomic E-state index is 5.48. The van der Waals surface area contributed by atoms with Crippen LogP contribution in [-0.2, 0) is 0 Å². The van der Waals surface area contributed by atoms with Gasteiger partial charge in [0.05, 0.1) is 0 Å². The van der Waals surface area contributed by atoms with Gasteiger partial charge in [-0.25, -0.2) is 5.84 Å². The average molecular weight is 198 g/mol. The van der Waals surface area contributed by atoms with Crippen LogP contribution >= 0.6 is 0 Å². The number of aliphatic imine (C=N–C) groups is 1. The second kappa shape index (κ2) is 5.86. The first-order valence-electron chi connectivity index (χ1n) is 5.61. The molecule has 1 aliphatic rings. The van der Waals surface area contributed by atoms with E-state index in [9.17, 15) is 0 Å². The zero-order chi connectivity index (χ0) is 10.4. The highest BCUT2D eigenvalue weighted by Gasteiger charge is 2.23. The lowest BCUT2D eigenvalue weighted by molar-refractivity contribution is 0.317. The summed E-state index contributed by atoms with van der Waals surface area (Å²) < 4.78 is 0. The highest BCUT2D eigenvalue weighted by molar-refractivity contribution is 5.79. The fourth-order valence-electron chi connectivity index (χ4n) is 2.17. The zero-order valence-electron chi connectivity index (χ0n) is 9.29. The molecule has 1 aliphatic carbocycles. The molecule has 0 saturated heterocycles. The van der Waals surface area contributed by atoms with E-state index >= 15 is 0 Å². The summed E-state index contributed by atoms with van der Waals surface area (Å²) in [5.41, 5.74) is 2.71. The summed E-state index contributed by atoms with van der Waals surface area (Å²) in [6.45, 7) is 5.94. The normalized spacial score (nSPS) is 18.6. The minimum absolute atomic E-state index is 0.640. The number of nitrogens with two attached hydrogens (primary N) is 1. The van der Waals surface area contributed by atoms with Crippen molar-refractivity contribution in [2.75, 3.05) is 13.1 Å². The van der Waals surface area contributed by atoms with Crippen LogP contribution in [0.15, 0.2) is 4.99 Å². The van der Waals surface area contributed by atoms with Gasteiger partial charge in [-0.15, -0.1) is 0 Å². The third kappa shape index (κ3) is 2.61. The van der Waals surface area contributed by atoms with Crippen LogP contribution in [0.25, 0.3) is 0 Å². The van der Waals surface area contributed by atoms with Gasteiger partial charge in [-0.05, 0) is 26.7 Å². The summed E-state index contributed by atoms with van der Waals surface area (Å²) in [5, 5.41) is 0. The molecule has 1 rings (SSSR count). The molecule has 0 unspecified atom stereocenters. The summed E-state index contributed by atoms with van der Waals surface area (Å²) >= 11 is 0. The minimum Gasteiger partial charge on any atom is -0.339 e. The van der Waals surface area contributed by atoms with Crippen LogP contribution in [0.4, 0.5) is 0 Å². The standard InChI is InChI=1S/C10H22N4/c1-3-12-10(13-11)14(4-2)9-7-5-6-8-9/h9H,3-8,11H2,1-2H3,(H,12,13). The van der Waals surface area contributed by atoms with E-state index in [4.69, 9.17) is 5.84 Å². The second-order valence-corrected chi connectivity index (χ2v) is 3.67. The Kier molecular flexibility index (Phi) is 4.73. The summed E-state index contributed by atoms with van der Waals surface area (Å²) in [6, 6.07) is 0.640. The van der Waals surface area contributed by atoms with Gasteiger partial charge in [-0.2, -0.15) is 0 Å². The van der Waals surface area contributed by atoms with E-state index < -0.39 is 0 Å². The summed E-state index contributed by atoms with van der Waals surface area (Å²) in [4.78, 5) is 6.65. The number of nitrogens with zero attached hydrogens (tertiary/aromatic N) is 2. The Morgan fingerprint density at radius 3 is 2.50 bits per heavy atom. The monoisotopic (exact) mass is 198 g/mol. The zero-order valence-corrected chi connectivity index (χ0v) is 9.29. The first-order valence-corrected chi connectivity index (χ1v) is 5.61. The van der Waals surface area contributed by atoms with Gasteiger partial charge in [-0.3, -0.25) is 10.4 Å². The SMILES string of the molecule is CCN=C(NN)N(CC)C1CCCC1. The van der Waals surface area contributed by atoms with Crippen LogP contribution in [0.1, 0.15) is 39.5 Å². The Balaban J connectivity index is 2.62. The van der Waals surface area contributed by atoms with Crippen molar-refractivity contribution in [3.63, 3.8) is 0 Å². The largest absolute Gasteiger partial charge is 0.339 e. The van der Waals surface area contributed by atoms with Crippen LogP contribution in [0.2, 0.25) is 0 Å². The van der Waals surface area contributed by atoms with Gasteiger partial charge in [-0.1, -0.05) is 12.8 Å². The molecule has 82 valence electrons. The molecule has 0 aromatic heterocycles. The van der Waals surface area contributed by atoms with E-state index in [2.05, 4.69) is 22.2 Å². The molecule has 3 N–H and O–H groups in total. The van der Waals surface area contributed by atoms with E-state index in [1.807, 2.05) is 6.92 Å². The average Bonchev–Trinajstić information content (AvgIpc) is 2.71. The van der Waals surface area contributed by atoms with Crippen LogP contribution in [-0.4, -0.2) is 30.0 Å². The number of hydrogen-bond acceptors (Lipinski definition) is 2. The molecule has 0 spiro atoms. The van der Waals surface area contributed by atoms with E-state index in [0.29, 0.717) is 6.04 Å². The Hall–Kier alpha value is -0.770. The molecule has 0 bridgehead atoms. The molecule has 0 aromatic rings. The number of guanidine groups is 1. The Morgan fingerprint density at radius 2 is 2.07 bits per heavy atom. The molecule has 0 aromatic carbocycles. The molecule has 0 amide bonds. The fraction of sp³-hybridized carbons (Fsp3) is 0.900. The molecular formula is C10H22N4. The number of hydrazine groups is 1. The Morgan fingerprint density at radius 1 is 1.43 bits per heavy atom. The first-order chi connectivity index (χ1) is 6.83. The second-order valence-electron chi connectivity index (χ2n) is 3.67. The summed E-state index contributed by atoms with van der Waals surface area (Å²) in [5.74, 6) is 6.33. The lowest BCUT2D eigenvalue weighted by Gasteiger charge is -2.30. The topological polar surface area (TPSA) is 53.6 Å². The van der Waals surface area contributed by atoms with E-state index in [0.717, 1.165) is 19.0 Å². The minimum atomic E-state index is 0.640. The molecule has 1 fully saturated rings. The van der Waals surface area contributed by atoms with E-state index in [-0.39, 0.29) is 0 Å². The molecule has 14 heavy (non-hydrogen) atoms. The fourth-order valence-corrected chi connectivity index (χ4v) is 2.17. The predicted octanol–water partition coefficient (Wildman–Crippen LogP) is 1.09. The van der Waals surface area contributed by atoms with E-state index in [1.165, 1.54) is 25.7 Å². The van der Waals surface area contributed by atoms with Crippen molar-refractivity contribution in [3.8, 4) is 0 Å². The van der Waals surface area contributed by atoms with Gasteiger partial charge in [0.2, 0.25) is 5.96 Å². The molecule has 0 atom stereocenters. The van der Waals surface area contributed by atoms with Gasteiger partial charge >= 0.3 is 0 Å². The molecule has 4 nitrogen and oxygen atoms in total. The quantitative estimate of drug-likeness (QED) is 0.309. The van der Waals surface area contributed by atoms with E-state index in [1.54, 1.807) is 0 Å². The Labute approximate surface area is 86.5 Å². The van der Waals surface area contributed by atoms with Crippen LogP contribution < -0.4 is 11.3 Å². The highest BCUT2D eigenvalue weighted by Crippen LogP contribution is 2.23. The number of nitrogens with one attached hydrogen (secondary N) is 1. The van der Waals surface area contributed by atoms with Crippen molar-refractivity contribution in [1.29, 1.82) is 0 Å². The molecule has 0 radical (unpaired) electrons. The maximum atomic E-state index is 5.48. The summed E-state index contributed by atoms with van der Waals surface area (Å²) in [6.07, 6.45) is 5.23. The van der Waals surface area contributed by atoms with Crippen LogP contribution in [0.5, 0.6) is 0 Å². The van der Waals surface area contributed by atoms with Gasteiger partial charge in [0.15, 0.2) is 0 Å². The third-order valence-electron chi connectivity index (χ3n) is 2.82. The van der Waals surface area contributed by atoms with Crippen molar-refractivity contribution < 1.29 is 0 Å². The van der Waals surface area contributed by atoms with Crippen LogP contribution in [0.3, 0.4) is 0 Å². The first kappa shape index (κ1) is 11.3. The lowest BCUT2D eigenvalue weighted by atomic mass is 10.2. The van der Waals surface area contributed by atoms with Crippen molar-refractivity contribution >= 4 is 5.96 Å². The molecule has 4 heteroatoms. The smallest absolute Gasteiger partial charge is 0.208 e. The van der Waals surface area contributed by atoms with Crippen molar-refractivity contribution in [2.45, 2.75) is 45.6 Å². The highest BCUT2D eigenvalue weighted by atomic mass is 15.4. The molecule has 1 saturated carbocycles. The van der Waals surface area contributed by atoms with Crippen LogP contribution in [0, 0.1) is 0 Å². The van der Waals surface area contributed by atoms with Gasteiger partial charge in [0.25, 0.3) is 0 Å².